The molecule has 8 heteroatoms. The molecule has 2 aliphatic heterocycles. The Labute approximate surface area is 198 Å². The van der Waals surface area contributed by atoms with Gasteiger partial charge in [0, 0.05) is 29.2 Å². The highest BCUT2D eigenvalue weighted by atomic mass is 32.2. The maximum atomic E-state index is 13.6. The van der Waals surface area contributed by atoms with E-state index in [1.165, 1.54) is 0 Å². The molecule has 1 saturated heterocycles. The second kappa shape index (κ2) is 9.17. The number of hydrogen-bond acceptors (Lipinski definition) is 5. The maximum absolute atomic E-state index is 13.6. The lowest BCUT2D eigenvalue weighted by Gasteiger charge is -2.32. The average molecular weight is 467 g/mol. The van der Waals surface area contributed by atoms with E-state index < -0.39 is 16.8 Å². The van der Waals surface area contributed by atoms with Crippen molar-refractivity contribution in [1.29, 1.82) is 0 Å². The number of aromatic nitrogens is 1. The third-order valence-corrected chi connectivity index (χ3v) is 8.09. The smallest absolute Gasteiger partial charge is 0.256 e. The molecule has 0 spiro atoms. The number of thioether (sulfide) groups is 1. The quantitative estimate of drug-likeness (QED) is 0.654. The van der Waals surface area contributed by atoms with Gasteiger partial charge < -0.3 is 15.5 Å². The summed E-state index contributed by atoms with van der Waals surface area (Å²) in [5.41, 5.74) is 2.53. The molecule has 174 valence electrons. The van der Waals surface area contributed by atoms with Gasteiger partial charge in [-0.3, -0.25) is 19.4 Å². The Bertz CT molecular complexity index is 1060. The molecule has 7 nitrogen and oxygen atoms in total. The molecule has 2 aromatic rings. The van der Waals surface area contributed by atoms with Gasteiger partial charge in [0.15, 0.2) is 0 Å². The molecule has 33 heavy (non-hydrogen) atoms. The maximum Gasteiger partial charge on any atom is 0.256 e. The normalized spacial score (nSPS) is 22.3. The molecule has 3 amide bonds. The summed E-state index contributed by atoms with van der Waals surface area (Å²) in [5, 5.41) is 5.73. The highest BCUT2D eigenvalue weighted by Crippen LogP contribution is 2.56. The van der Waals surface area contributed by atoms with Gasteiger partial charge in [-0.1, -0.05) is 38.5 Å². The number of benzene rings is 1. The molecule has 2 aliphatic rings. The Hall–Kier alpha value is -2.87. The molecule has 0 bridgehead atoms. The van der Waals surface area contributed by atoms with Crippen molar-refractivity contribution in [2.24, 2.45) is 5.92 Å². The van der Waals surface area contributed by atoms with Gasteiger partial charge in [0.2, 0.25) is 11.8 Å². The molecule has 0 aliphatic carbocycles. The largest absolute Gasteiger partial charge is 0.350 e. The van der Waals surface area contributed by atoms with Crippen LogP contribution in [-0.2, 0) is 16.1 Å². The van der Waals surface area contributed by atoms with E-state index in [1.54, 1.807) is 29.1 Å². The predicted molar refractivity (Wildman–Crippen MR) is 128 cm³/mol. The number of fused-ring (bicyclic) bond motifs is 3. The van der Waals surface area contributed by atoms with Crippen molar-refractivity contribution in [2.75, 3.05) is 0 Å². The van der Waals surface area contributed by atoms with Crippen molar-refractivity contribution in [3.8, 4) is 0 Å². The zero-order chi connectivity index (χ0) is 23.8. The first-order valence-corrected chi connectivity index (χ1v) is 12.2. The lowest BCUT2D eigenvalue weighted by Crippen LogP contribution is -2.58. The first kappa shape index (κ1) is 23.3. The van der Waals surface area contributed by atoms with E-state index in [9.17, 15) is 14.4 Å². The van der Waals surface area contributed by atoms with Gasteiger partial charge in [0.05, 0.1) is 0 Å². The molecule has 4 atom stereocenters. The van der Waals surface area contributed by atoms with E-state index in [0.29, 0.717) is 12.1 Å². The van der Waals surface area contributed by atoms with Crippen molar-refractivity contribution in [1.82, 2.24) is 20.5 Å². The van der Waals surface area contributed by atoms with E-state index >= 15 is 0 Å². The zero-order valence-corrected chi connectivity index (χ0v) is 20.2. The number of carbonyl (C=O) groups excluding carboxylic acids is 3. The molecule has 1 fully saturated rings. The summed E-state index contributed by atoms with van der Waals surface area (Å²) in [6.45, 7) is 8.27. The number of amides is 3. The number of rotatable bonds is 7. The van der Waals surface area contributed by atoms with Crippen LogP contribution < -0.4 is 10.6 Å². The fraction of sp³-hybridized carbons (Fsp3) is 0.440. The summed E-state index contributed by atoms with van der Waals surface area (Å²) < 4.78 is -0.495. The summed E-state index contributed by atoms with van der Waals surface area (Å²) in [6.07, 6.45) is 4.08. The van der Waals surface area contributed by atoms with Crippen LogP contribution in [0.1, 0.15) is 61.0 Å². The van der Waals surface area contributed by atoms with E-state index in [1.807, 2.05) is 64.1 Å². The fourth-order valence-corrected chi connectivity index (χ4v) is 6.13. The average Bonchev–Trinajstić information content (AvgIpc) is 3.24. The van der Waals surface area contributed by atoms with Gasteiger partial charge in [-0.25, -0.2) is 0 Å². The van der Waals surface area contributed by atoms with Crippen LogP contribution in [0.4, 0.5) is 0 Å². The summed E-state index contributed by atoms with van der Waals surface area (Å²) in [4.78, 5) is 45.6. The highest BCUT2D eigenvalue weighted by molar-refractivity contribution is 8.01. The minimum Gasteiger partial charge on any atom is -0.350 e. The third kappa shape index (κ3) is 4.36. The van der Waals surface area contributed by atoms with Gasteiger partial charge in [-0.05, 0) is 49.1 Å². The fourth-order valence-electron chi connectivity index (χ4n) is 4.54. The van der Waals surface area contributed by atoms with Crippen molar-refractivity contribution in [3.05, 3.63) is 65.5 Å². The zero-order valence-electron chi connectivity index (χ0n) is 19.4. The Balaban J connectivity index is 1.53. The van der Waals surface area contributed by atoms with Crippen LogP contribution >= 0.6 is 11.8 Å². The molecule has 1 aromatic heterocycles. The molecular formula is C25H30N4O3S. The molecule has 0 radical (unpaired) electrons. The Morgan fingerprint density at radius 3 is 2.58 bits per heavy atom. The number of nitrogens with one attached hydrogen (secondary N) is 2. The van der Waals surface area contributed by atoms with Crippen LogP contribution in [0, 0.1) is 5.92 Å². The molecule has 3 heterocycles. The van der Waals surface area contributed by atoms with E-state index in [4.69, 9.17) is 0 Å². The van der Waals surface area contributed by atoms with E-state index in [2.05, 4.69) is 15.6 Å². The van der Waals surface area contributed by atoms with Crippen molar-refractivity contribution < 1.29 is 14.4 Å². The van der Waals surface area contributed by atoms with E-state index in [0.717, 1.165) is 17.5 Å². The van der Waals surface area contributed by atoms with Crippen molar-refractivity contribution in [3.63, 3.8) is 0 Å². The van der Waals surface area contributed by atoms with Gasteiger partial charge >= 0.3 is 0 Å². The molecule has 0 saturated carbocycles. The number of carbonyl (C=O) groups is 3. The Kier molecular flexibility index (Phi) is 6.47. The van der Waals surface area contributed by atoms with Crippen LogP contribution in [0.3, 0.4) is 0 Å². The predicted octanol–water partition coefficient (Wildman–Crippen LogP) is 3.28. The molecule has 4 rings (SSSR count). The first-order chi connectivity index (χ1) is 15.7. The number of hydrogen-bond donors (Lipinski definition) is 2. The number of pyridine rings is 1. The molecular weight excluding hydrogens is 436 g/mol. The SMILES string of the molecule is CC[C@H](C)[C@H](NC(=O)[C@@H]1N2C(=O)c3ccccc3[C@@H]2SC1(C)C)C(=O)NCc1ccncc1. The summed E-state index contributed by atoms with van der Waals surface area (Å²) >= 11 is 1.62. The molecule has 1 aromatic carbocycles. The van der Waals surface area contributed by atoms with Crippen LogP contribution in [0.5, 0.6) is 0 Å². The van der Waals surface area contributed by atoms with Crippen LogP contribution in [0.2, 0.25) is 0 Å². The minimum atomic E-state index is -0.690. The van der Waals surface area contributed by atoms with E-state index in [-0.39, 0.29) is 29.0 Å². The highest BCUT2D eigenvalue weighted by Gasteiger charge is 2.57. The van der Waals surface area contributed by atoms with Crippen molar-refractivity contribution >= 4 is 29.5 Å². The van der Waals surface area contributed by atoms with Gasteiger partial charge in [-0.2, -0.15) is 0 Å². The molecule has 0 unspecified atom stereocenters. The minimum absolute atomic E-state index is 0.0640. The van der Waals surface area contributed by atoms with Gasteiger partial charge in [-0.15, -0.1) is 11.8 Å². The second-order valence-corrected chi connectivity index (χ2v) is 11.0. The molecule has 2 N–H and O–H groups in total. The second-order valence-electron chi connectivity index (χ2n) is 9.22. The summed E-state index contributed by atoms with van der Waals surface area (Å²) in [7, 11) is 0. The van der Waals surface area contributed by atoms with Gasteiger partial charge in [0.1, 0.15) is 17.5 Å². The third-order valence-electron chi connectivity index (χ3n) is 6.55. The lowest BCUT2D eigenvalue weighted by molar-refractivity contribution is -0.133. The number of nitrogens with zero attached hydrogens (tertiary/aromatic N) is 2. The Morgan fingerprint density at radius 2 is 1.88 bits per heavy atom. The monoisotopic (exact) mass is 466 g/mol. The van der Waals surface area contributed by atoms with Crippen LogP contribution in [0.25, 0.3) is 0 Å². The van der Waals surface area contributed by atoms with Crippen LogP contribution in [-0.4, -0.2) is 44.4 Å². The topological polar surface area (TPSA) is 91.4 Å². The Morgan fingerprint density at radius 1 is 1.18 bits per heavy atom. The summed E-state index contributed by atoms with van der Waals surface area (Å²) in [5.74, 6) is -0.715. The van der Waals surface area contributed by atoms with Gasteiger partial charge in [0.25, 0.3) is 5.91 Å². The van der Waals surface area contributed by atoms with Crippen LogP contribution in [0.15, 0.2) is 48.8 Å². The standard InChI is InChI=1S/C25H30N4O3S/c1-5-15(2)19(21(30)27-14-16-10-12-26-13-11-16)28-22(31)20-25(3,4)33-24-18-9-7-6-8-17(18)23(32)29(20)24/h6-13,15,19-20,24H,5,14H2,1-4H3,(H,27,30)(H,28,31)/t15-,19-,20-,24-/m0/s1. The first-order valence-electron chi connectivity index (χ1n) is 11.3. The summed E-state index contributed by atoms with van der Waals surface area (Å²) in [6, 6.07) is 9.84. The van der Waals surface area contributed by atoms with Crippen molar-refractivity contribution in [2.45, 2.75) is 62.9 Å². The lowest BCUT2D eigenvalue weighted by atomic mass is 9.95.